The van der Waals surface area contributed by atoms with Crippen LogP contribution in [0.15, 0.2) is 29.5 Å². The number of aromatic nitrogens is 7. The largest absolute Gasteiger partial charge is 0.504 e. The van der Waals surface area contributed by atoms with Gasteiger partial charge in [-0.15, -0.1) is 15.0 Å². The highest BCUT2D eigenvalue weighted by Gasteiger charge is 3.13. The monoisotopic (exact) mass is 732 g/mol. The van der Waals surface area contributed by atoms with Crippen LogP contribution in [0.3, 0.4) is 0 Å². The number of carbonyl (C=O) groups is 2. The molecule has 4 aromatic rings. The lowest BCUT2D eigenvalue weighted by Crippen LogP contribution is -3.12. The molecule has 7 fully saturated rings. The zero-order valence-corrected chi connectivity index (χ0v) is 29.0. The predicted octanol–water partition coefficient (Wildman–Crippen LogP) is 1.73. The zero-order chi connectivity index (χ0) is 36.9. The number of aryl methyl sites for hydroxylation is 1. The molecule has 276 valence electrons. The highest BCUT2D eigenvalue weighted by atomic mass is 19.4. The van der Waals surface area contributed by atoms with Gasteiger partial charge >= 0.3 is 6.18 Å². The molecule has 7 aliphatic rings. The van der Waals surface area contributed by atoms with Crippen LogP contribution in [-0.4, -0.2) is 102 Å². The van der Waals surface area contributed by atoms with Crippen molar-refractivity contribution in [2.75, 3.05) is 44.7 Å². The van der Waals surface area contributed by atoms with Gasteiger partial charge in [0, 0.05) is 50.7 Å². The third-order valence-electron chi connectivity index (χ3n) is 13.7. The molecule has 18 heteroatoms. The van der Waals surface area contributed by atoms with E-state index in [0.29, 0.717) is 35.9 Å². The fourth-order valence-electron chi connectivity index (χ4n) is 11.8. The number of anilines is 1. The molecular weight excluding hydrogens is 697 g/mol. The molecule has 4 aromatic heterocycles. The minimum atomic E-state index is -4.14. The van der Waals surface area contributed by atoms with Crippen LogP contribution >= 0.6 is 0 Å². The number of ether oxygens (including phenoxy) is 1. The van der Waals surface area contributed by atoms with Crippen LogP contribution in [0.25, 0.3) is 16.9 Å². The van der Waals surface area contributed by atoms with Crippen molar-refractivity contribution in [1.29, 1.82) is 0 Å². The smallest absolute Gasteiger partial charge is 0.395 e. The maximum Gasteiger partial charge on any atom is 0.395 e. The summed E-state index contributed by atoms with van der Waals surface area (Å²) in [6.45, 7) is 4.64. The first kappa shape index (κ1) is 32.4. The SMILES string of the molecule is CCc1c(N2CCN(C(=O)c3ncnc(C)c3O)CC2)c(=O)c2nn(-c3ccnc(OC)c3)nc2n1CC(=O)NCC12C3C4C1C1C2C3C41C(F)(F)F. The summed E-state index contributed by atoms with van der Waals surface area (Å²) in [5, 5.41) is 22.7. The number of nitrogens with zero attached hydrogens (tertiary/aromatic N) is 9. The zero-order valence-electron chi connectivity index (χ0n) is 29.0. The van der Waals surface area contributed by atoms with E-state index in [-0.39, 0.29) is 113 Å². The molecule has 53 heavy (non-hydrogen) atoms. The van der Waals surface area contributed by atoms with Crippen molar-refractivity contribution in [1.82, 2.24) is 44.7 Å². The molecule has 0 bridgehead atoms. The molecule has 1 saturated heterocycles. The molecule has 0 spiro atoms. The van der Waals surface area contributed by atoms with E-state index in [1.807, 2.05) is 11.8 Å². The summed E-state index contributed by atoms with van der Waals surface area (Å²) < 4.78 is 48.7. The number of aromatic hydroxyl groups is 1. The summed E-state index contributed by atoms with van der Waals surface area (Å²) in [6.07, 6.45) is -1.04. The molecule has 5 heterocycles. The van der Waals surface area contributed by atoms with Crippen molar-refractivity contribution in [2.24, 2.45) is 46.3 Å². The van der Waals surface area contributed by atoms with Crippen LogP contribution in [0, 0.1) is 53.3 Å². The average molecular weight is 733 g/mol. The lowest BCUT2D eigenvalue weighted by molar-refractivity contribution is -0.689. The van der Waals surface area contributed by atoms with Crippen molar-refractivity contribution in [3.05, 3.63) is 52.0 Å². The maximum absolute atomic E-state index is 14.3. The van der Waals surface area contributed by atoms with Gasteiger partial charge in [0.25, 0.3) is 5.91 Å². The number of pyridine rings is 2. The fraction of sp³-hybridized carbons (Fsp3) is 0.543. The number of amides is 2. The van der Waals surface area contributed by atoms with Crippen molar-refractivity contribution in [3.8, 4) is 17.3 Å². The number of hydrogen-bond donors (Lipinski definition) is 2. The minimum Gasteiger partial charge on any atom is -0.504 e. The van der Waals surface area contributed by atoms with Crippen LogP contribution in [0.4, 0.5) is 18.9 Å². The highest BCUT2D eigenvalue weighted by Crippen LogP contribution is 3.11. The van der Waals surface area contributed by atoms with Gasteiger partial charge in [-0.1, -0.05) is 6.92 Å². The van der Waals surface area contributed by atoms with Crippen molar-refractivity contribution >= 4 is 28.7 Å². The summed E-state index contributed by atoms with van der Waals surface area (Å²) in [5.41, 5.74) is -0.198. The van der Waals surface area contributed by atoms with Gasteiger partial charge in [-0.25, -0.2) is 15.0 Å². The second-order valence-corrected chi connectivity index (χ2v) is 15.2. The van der Waals surface area contributed by atoms with Crippen LogP contribution in [0.2, 0.25) is 0 Å². The van der Waals surface area contributed by atoms with Crippen molar-refractivity contribution in [3.63, 3.8) is 0 Å². The van der Waals surface area contributed by atoms with Crippen LogP contribution < -0.4 is 20.4 Å². The van der Waals surface area contributed by atoms with Crippen LogP contribution in [0.1, 0.15) is 28.8 Å². The number of hydrogen-bond acceptors (Lipinski definition) is 11. The van der Waals surface area contributed by atoms with Crippen LogP contribution in [0.5, 0.6) is 11.6 Å². The van der Waals surface area contributed by atoms with E-state index < -0.39 is 17.5 Å². The summed E-state index contributed by atoms with van der Waals surface area (Å²) in [4.78, 5) is 58.2. The molecule has 0 radical (unpaired) electrons. The van der Waals surface area contributed by atoms with Gasteiger partial charge in [-0.3, -0.25) is 14.4 Å². The molecule has 6 aliphatic carbocycles. The number of piperazine rings is 1. The molecule has 1 aliphatic heterocycles. The van der Waals surface area contributed by atoms with Gasteiger partial charge in [0.1, 0.15) is 18.6 Å². The average Bonchev–Trinajstić information content (AvgIpc) is 3.62. The molecule has 0 aromatic carbocycles. The van der Waals surface area contributed by atoms with Crippen molar-refractivity contribution < 1.29 is 32.6 Å². The lowest BCUT2D eigenvalue weighted by atomic mass is 8.92. The Labute approximate surface area is 299 Å². The van der Waals surface area contributed by atoms with Gasteiger partial charge in [0.2, 0.25) is 17.2 Å². The van der Waals surface area contributed by atoms with Crippen molar-refractivity contribution in [2.45, 2.75) is 33.0 Å². The standard InChI is InChI=1S/C35H35F3N10O5/c1-4-17-28(45-7-9-46(10-8-45)32(52)27-29(50)15(2)41-14-42-27)30(51)26-31(44-48(43-26)16-5-6-39-19(11-16)53-3)47(17)12-18(49)40-13-33-20-23-21(33)25-22(33)24(20)34(23,25)35(36,37)38/h5-6,11,14,20-25,50H,4,7-10,12-13H2,1-3H3,(H,40,49). The first-order valence-corrected chi connectivity index (χ1v) is 17.8. The van der Waals surface area contributed by atoms with Gasteiger partial charge in [0.05, 0.1) is 23.9 Å². The van der Waals surface area contributed by atoms with Gasteiger partial charge < -0.3 is 29.5 Å². The van der Waals surface area contributed by atoms with E-state index in [4.69, 9.17) is 4.74 Å². The van der Waals surface area contributed by atoms with Crippen LogP contribution in [-0.2, 0) is 17.8 Å². The third-order valence-corrected chi connectivity index (χ3v) is 13.7. The van der Waals surface area contributed by atoms with E-state index in [0.717, 1.165) is 0 Å². The molecule has 0 unspecified atom stereocenters. The van der Waals surface area contributed by atoms with Gasteiger partial charge in [-0.05, 0) is 60.3 Å². The highest BCUT2D eigenvalue weighted by molar-refractivity contribution is 5.95. The minimum absolute atomic E-state index is 0.0411. The topological polar surface area (TPSA) is 173 Å². The first-order chi connectivity index (χ1) is 25.4. The summed E-state index contributed by atoms with van der Waals surface area (Å²) in [5.74, 6) is -1.43. The summed E-state index contributed by atoms with van der Waals surface area (Å²) >= 11 is 0. The van der Waals surface area contributed by atoms with E-state index in [1.165, 1.54) is 24.4 Å². The molecule has 2 amide bonds. The molecule has 0 atom stereocenters. The third kappa shape index (κ3) is 3.66. The molecule has 15 nitrogen and oxygen atoms in total. The Bertz CT molecular complexity index is 2280. The molecule has 6 saturated carbocycles. The number of fused-ring (bicyclic) bond motifs is 1. The van der Waals surface area contributed by atoms with Gasteiger partial charge in [0.15, 0.2) is 22.6 Å². The quantitative estimate of drug-likeness (QED) is 0.257. The second kappa shape index (κ2) is 10.4. The summed E-state index contributed by atoms with van der Waals surface area (Å²) in [7, 11) is 1.48. The first-order valence-electron chi connectivity index (χ1n) is 17.8. The number of nitrogens with one attached hydrogen (secondary N) is 1. The Kier molecular flexibility index (Phi) is 6.37. The Morgan fingerprint density at radius 2 is 1.74 bits per heavy atom. The number of halogens is 3. The predicted molar refractivity (Wildman–Crippen MR) is 178 cm³/mol. The fourth-order valence-corrected chi connectivity index (χ4v) is 11.8. The normalized spacial score (nSPS) is 31.1. The maximum atomic E-state index is 14.3. The Morgan fingerprint density at radius 3 is 2.38 bits per heavy atom. The molecule has 2 N–H and O–H groups in total. The number of carbonyl (C=O) groups excluding carboxylic acids is 2. The molecular formula is C35H35F3N10O5. The van der Waals surface area contributed by atoms with Gasteiger partial charge in [-0.2, -0.15) is 13.2 Å². The number of methoxy groups -OCH3 is 1. The number of alkyl halides is 3. The Balaban J connectivity index is 0.944. The Morgan fingerprint density at radius 1 is 1.04 bits per heavy atom. The molecule has 11 rings (SSSR count). The summed E-state index contributed by atoms with van der Waals surface area (Å²) in [6, 6.07) is 3.27. The van der Waals surface area contributed by atoms with E-state index >= 15 is 0 Å². The lowest BCUT2D eigenvalue weighted by Gasteiger charge is -3.11. The number of rotatable bonds is 9. The van der Waals surface area contributed by atoms with E-state index in [2.05, 4.69) is 30.5 Å². The second-order valence-electron chi connectivity index (χ2n) is 15.2. The Hall–Kier alpha value is -5.29. The van der Waals surface area contributed by atoms with E-state index in [9.17, 15) is 32.7 Å². The van der Waals surface area contributed by atoms with E-state index in [1.54, 1.807) is 28.5 Å².